The van der Waals surface area contributed by atoms with E-state index in [1.165, 1.54) is 173 Å². The molecule has 0 rings (SSSR count). The molecule has 0 saturated carbocycles. The SMILES string of the molecule is CC/C=C\C/C=C\C/C=C\C/C=C\C/C=C\C/C=C\C/C=C\CCCCCCCCCCCCCC(=O)OC(CO)COC(=O)CCCCCCCCCCCCC/C=C\CCCCCCCCCC. The summed E-state index contributed by atoms with van der Waals surface area (Å²) in [5, 5.41) is 9.67. The minimum atomic E-state index is -0.779. The van der Waals surface area contributed by atoms with Gasteiger partial charge in [0.25, 0.3) is 0 Å². The van der Waals surface area contributed by atoms with Gasteiger partial charge in [-0.15, -0.1) is 0 Å². The van der Waals surface area contributed by atoms with E-state index in [1.54, 1.807) is 0 Å². The standard InChI is InChI=1S/C65H112O5/c1-3-5-7-9-11-13-15-17-19-21-23-25-27-28-29-30-31-32-33-34-35-36-38-40-42-44-46-48-50-52-54-56-58-60-65(68)70-63(61-66)62-69-64(67)59-57-55-53-51-49-47-45-43-41-39-37-26-24-22-20-18-16-14-12-10-8-6-4-2/h5,7,11,13,17,19,22-25,28-29,31-32,34-35,63,66H,3-4,6,8-10,12,14-16,18,20-21,26-27,30,33,36-62H2,1-2H3/b7-5-,13-11-,19-17-,24-22-,25-23-,29-28-,32-31-,35-34-. The lowest BCUT2D eigenvalue weighted by Crippen LogP contribution is -2.28. The average molecular weight is 974 g/mol. The molecule has 0 aromatic carbocycles. The first-order valence-electron chi connectivity index (χ1n) is 29.8. The first-order valence-corrected chi connectivity index (χ1v) is 29.8. The van der Waals surface area contributed by atoms with Crippen LogP contribution in [0.25, 0.3) is 0 Å². The minimum Gasteiger partial charge on any atom is -0.462 e. The zero-order chi connectivity index (χ0) is 50.6. The predicted octanol–water partition coefficient (Wildman–Crippen LogP) is 20.3. The summed E-state index contributed by atoms with van der Waals surface area (Å²) in [7, 11) is 0. The van der Waals surface area contributed by atoms with Crippen molar-refractivity contribution in [1.82, 2.24) is 0 Å². The van der Waals surface area contributed by atoms with Gasteiger partial charge in [-0.05, 0) is 96.3 Å². The van der Waals surface area contributed by atoms with Gasteiger partial charge in [0.1, 0.15) is 6.61 Å². The fraction of sp³-hybridized carbons (Fsp3) is 0.723. The van der Waals surface area contributed by atoms with Gasteiger partial charge in [-0.1, -0.05) is 272 Å². The van der Waals surface area contributed by atoms with Crippen molar-refractivity contribution in [3.63, 3.8) is 0 Å². The number of aliphatic hydroxyl groups excluding tert-OH is 1. The molecule has 5 heteroatoms. The van der Waals surface area contributed by atoms with Gasteiger partial charge >= 0.3 is 11.9 Å². The molecule has 0 aromatic heterocycles. The van der Waals surface area contributed by atoms with Gasteiger partial charge in [0.15, 0.2) is 6.10 Å². The van der Waals surface area contributed by atoms with Crippen LogP contribution in [0.4, 0.5) is 0 Å². The largest absolute Gasteiger partial charge is 0.462 e. The van der Waals surface area contributed by atoms with Crippen LogP contribution in [0, 0.1) is 0 Å². The molecule has 0 radical (unpaired) electrons. The van der Waals surface area contributed by atoms with E-state index in [9.17, 15) is 14.7 Å². The summed E-state index contributed by atoms with van der Waals surface area (Å²) < 4.78 is 10.7. The topological polar surface area (TPSA) is 72.8 Å². The second-order valence-corrected chi connectivity index (χ2v) is 19.7. The lowest BCUT2D eigenvalue weighted by atomic mass is 10.0. The zero-order valence-electron chi connectivity index (χ0n) is 46.0. The van der Waals surface area contributed by atoms with Crippen molar-refractivity contribution in [1.29, 1.82) is 0 Å². The summed E-state index contributed by atoms with van der Waals surface area (Å²) in [6.07, 6.45) is 85.3. The second kappa shape index (κ2) is 60.1. The van der Waals surface area contributed by atoms with Gasteiger partial charge < -0.3 is 14.6 Å². The molecule has 70 heavy (non-hydrogen) atoms. The third-order valence-corrected chi connectivity index (χ3v) is 12.9. The second-order valence-electron chi connectivity index (χ2n) is 19.7. The highest BCUT2D eigenvalue weighted by molar-refractivity contribution is 5.70. The van der Waals surface area contributed by atoms with Gasteiger partial charge in [0.2, 0.25) is 0 Å². The van der Waals surface area contributed by atoms with Gasteiger partial charge in [0.05, 0.1) is 6.61 Å². The number of rotatable bonds is 54. The Balaban J connectivity index is 3.52. The number of allylic oxidation sites excluding steroid dienone is 16. The number of aliphatic hydroxyl groups is 1. The predicted molar refractivity (Wildman–Crippen MR) is 306 cm³/mol. The summed E-state index contributed by atoms with van der Waals surface area (Å²) in [6.45, 7) is 4.05. The van der Waals surface area contributed by atoms with Crippen LogP contribution in [-0.2, 0) is 19.1 Å². The number of hydrogen-bond acceptors (Lipinski definition) is 5. The molecule has 0 bridgehead atoms. The molecular formula is C65H112O5. The molecule has 0 amide bonds. The van der Waals surface area contributed by atoms with Crippen molar-refractivity contribution in [3.8, 4) is 0 Å². The third-order valence-electron chi connectivity index (χ3n) is 12.9. The molecule has 1 N–H and O–H groups in total. The van der Waals surface area contributed by atoms with E-state index < -0.39 is 6.10 Å². The number of hydrogen-bond donors (Lipinski definition) is 1. The molecule has 402 valence electrons. The summed E-state index contributed by atoms with van der Waals surface area (Å²) in [6, 6.07) is 0. The highest BCUT2D eigenvalue weighted by Crippen LogP contribution is 2.16. The molecular weight excluding hydrogens is 861 g/mol. The summed E-state index contributed by atoms with van der Waals surface area (Å²) in [5.74, 6) is -0.590. The number of carbonyl (C=O) groups excluding carboxylic acids is 2. The Morgan fingerprint density at radius 1 is 0.343 bits per heavy atom. The maximum absolute atomic E-state index is 12.3. The molecule has 1 unspecified atom stereocenters. The van der Waals surface area contributed by atoms with Crippen LogP contribution >= 0.6 is 0 Å². The van der Waals surface area contributed by atoms with E-state index in [-0.39, 0.29) is 25.2 Å². The third kappa shape index (κ3) is 57.4. The Morgan fingerprint density at radius 3 is 0.943 bits per heavy atom. The average Bonchev–Trinajstić information content (AvgIpc) is 3.36. The highest BCUT2D eigenvalue weighted by atomic mass is 16.6. The maximum Gasteiger partial charge on any atom is 0.306 e. The quantitative estimate of drug-likeness (QED) is 0.0373. The molecule has 0 saturated heterocycles. The molecule has 0 heterocycles. The van der Waals surface area contributed by atoms with Crippen LogP contribution in [-0.4, -0.2) is 36.4 Å². The first kappa shape index (κ1) is 66.8. The Morgan fingerprint density at radius 2 is 0.614 bits per heavy atom. The van der Waals surface area contributed by atoms with Gasteiger partial charge in [-0.3, -0.25) is 9.59 Å². The monoisotopic (exact) mass is 973 g/mol. The summed E-state index contributed by atoms with van der Waals surface area (Å²) >= 11 is 0. The molecule has 0 aliphatic heterocycles. The number of unbranched alkanes of at least 4 members (excludes halogenated alkanes) is 30. The first-order chi connectivity index (χ1) is 34.6. The van der Waals surface area contributed by atoms with E-state index >= 15 is 0 Å². The number of carbonyl (C=O) groups is 2. The van der Waals surface area contributed by atoms with Crippen molar-refractivity contribution < 1.29 is 24.2 Å². The molecule has 0 aliphatic carbocycles. The Bertz CT molecular complexity index is 1330. The van der Waals surface area contributed by atoms with E-state index in [1.807, 2.05) is 0 Å². The summed E-state index contributed by atoms with van der Waals surface area (Å²) in [4.78, 5) is 24.6. The van der Waals surface area contributed by atoms with E-state index in [0.29, 0.717) is 12.8 Å². The van der Waals surface area contributed by atoms with Crippen molar-refractivity contribution in [2.75, 3.05) is 13.2 Å². The molecule has 0 fully saturated rings. The van der Waals surface area contributed by atoms with Crippen LogP contribution in [0.1, 0.15) is 284 Å². The number of ether oxygens (including phenoxy) is 2. The minimum absolute atomic E-state index is 0.0695. The summed E-state index contributed by atoms with van der Waals surface area (Å²) in [5.41, 5.74) is 0. The van der Waals surface area contributed by atoms with Crippen LogP contribution in [0.15, 0.2) is 97.2 Å². The van der Waals surface area contributed by atoms with Gasteiger partial charge in [-0.2, -0.15) is 0 Å². The van der Waals surface area contributed by atoms with Crippen LogP contribution in [0.5, 0.6) is 0 Å². The van der Waals surface area contributed by atoms with Crippen molar-refractivity contribution in [2.24, 2.45) is 0 Å². The fourth-order valence-electron chi connectivity index (χ4n) is 8.41. The van der Waals surface area contributed by atoms with Crippen molar-refractivity contribution in [2.45, 2.75) is 290 Å². The van der Waals surface area contributed by atoms with Crippen molar-refractivity contribution in [3.05, 3.63) is 97.2 Å². The maximum atomic E-state index is 12.3. The lowest BCUT2D eigenvalue weighted by Gasteiger charge is -2.15. The Kier molecular flexibility index (Phi) is 57.4. The van der Waals surface area contributed by atoms with E-state index in [2.05, 4.69) is 111 Å². The fourth-order valence-corrected chi connectivity index (χ4v) is 8.41. The number of esters is 2. The normalized spacial score (nSPS) is 12.9. The van der Waals surface area contributed by atoms with Gasteiger partial charge in [-0.25, -0.2) is 0 Å². The Labute approximate surface area is 434 Å². The molecule has 0 aromatic rings. The van der Waals surface area contributed by atoms with Gasteiger partial charge in [0, 0.05) is 12.8 Å². The molecule has 0 spiro atoms. The van der Waals surface area contributed by atoms with Crippen LogP contribution in [0.2, 0.25) is 0 Å². The lowest BCUT2D eigenvalue weighted by molar-refractivity contribution is -0.161. The highest BCUT2D eigenvalue weighted by Gasteiger charge is 2.16. The zero-order valence-corrected chi connectivity index (χ0v) is 46.0. The van der Waals surface area contributed by atoms with Crippen LogP contribution < -0.4 is 0 Å². The smallest absolute Gasteiger partial charge is 0.306 e. The Hall–Kier alpha value is -3.18. The molecule has 5 nitrogen and oxygen atoms in total. The van der Waals surface area contributed by atoms with Crippen LogP contribution in [0.3, 0.4) is 0 Å². The van der Waals surface area contributed by atoms with Crippen molar-refractivity contribution >= 4 is 11.9 Å². The van der Waals surface area contributed by atoms with E-state index in [4.69, 9.17) is 9.47 Å². The van der Waals surface area contributed by atoms with E-state index in [0.717, 1.165) is 83.5 Å². The molecule has 1 atom stereocenters. The molecule has 0 aliphatic rings.